The van der Waals surface area contributed by atoms with Gasteiger partial charge in [0.25, 0.3) is 0 Å². The molecular weight excluding hydrogens is 288 g/mol. The van der Waals surface area contributed by atoms with Crippen molar-refractivity contribution >= 4 is 6.09 Å². The second-order valence-corrected chi connectivity index (χ2v) is 7.24. The van der Waals surface area contributed by atoms with Gasteiger partial charge in [-0.25, -0.2) is 4.79 Å². The third-order valence-corrected chi connectivity index (χ3v) is 3.78. The van der Waals surface area contributed by atoms with Crippen LogP contribution in [0.5, 0.6) is 0 Å². The Kier molecular flexibility index (Phi) is 7.07. The van der Waals surface area contributed by atoms with Gasteiger partial charge in [0.2, 0.25) is 0 Å². The summed E-state index contributed by atoms with van der Waals surface area (Å²) in [6, 6.07) is 6.80. The first-order valence-electron chi connectivity index (χ1n) is 8.42. The highest BCUT2D eigenvalue weighted by atomic mass is 16.6. The third-order valence-electron chi connectivity index (χ3n) is 3.78. The molecule has 1 aromatic carbocycles. The van der Waals surface area contributed by atoms with Crippen LogP contribution in [0.3, 0.4) is 0 Å². The lowest BCUT2D eigenvalue weighted by molar-refractivity contribution is 0.0502. The SMILES string of the molecule is CCC(CNC(C)c1ccc(C)cc1C)NC(=O)OC(C)(C)C. The van der Waals surface area contributed by atoms with Crippen LogP contribution in [0.25, 0.3) is 0 Å². The molecule has 0 aliphatic heterocycles. The average Bonchev–Trinajstić information content (AvgIpc) is 2.41. The fraction of sp³-hybridized carbons (Fsp3) is 0.632. The zero-order chi connectivity index (χ0) is 17.6. The molecule has 130 valence electrons. The molecule has 0 fully saturated rings. The van der Waals surface area contributed by atoms with Gasteiger partial charge < -0.3 is 15.4 Å². The maximum atomic E-state index is 11.9. The minimum atomic E-state index is -0.470. The molecule has 1 amide bonds. The van der Waals surface area contributed by atoms with E-state index >= 15 is 0 Å². The highest BCUT2D eigenvalue weighted by molar-refractivity contribution is 5.68. The Balaban J connectivity index is 2.55. The molecule has 1 aromatic rings. The van der Waals surface area contributed by atoms with Crippen LogP contribution in [-0.4, -0.2) is 24.3 Å². The van der Waals surface area contributed by atoms with Crippen molar-refractivity contribution in [1.29, 1.82) is 0 Å². The van der Waals surface area contributed by atoms with Crippen molar-refractivity contribution in [3.8, 4) is 0 Å². The number of rotatable bonds is 6. The van der Waals surface area contributed by atoms with Crippen molar-refractivity contribution in [2.75, 3.05) is 6.54 Å². The number of hydrogen-bond acceptors (Lipinski definition) is 3. The normalized spacial score (nSPS) is 14.2. The first-order chi connectivity index (χ1) is 10.6. The topological polar surface area (TPSA) is 50.4 Å². The maximum Gasteiger partial charge on any atom is 0.407 e. The van der Waals surface area contributed by atoms with Crippen LogP contribution < -0.4 is 10.6 Å². The number of aryl methyl sites for hydroxylation is 2. The predicted octanol–water partition coefficient (Wildman–Crippen LogP) is 4.26. The van der Waals surface area contributed by atoms with Crippen molar-refractivity contribution in [2.24, 2.45) is 0 Å². The molecule has 2 N–H and O–H groups in total. The largest absolute Gasteiger partial charge is 0.444 e. The molecule has 0 radical (unpaired) electrons. The summed E-state index contributed by atoms with van der Waals surface area (Å²) in [5, 5.41) is 6.44. The highest BCUT2D eigenvalue weighted by Gasteiger charge is 2.19. The quantitative estimate of drug-likeness (QED) is 0.823. The molecule has 23 heavy (non-hydrogen) atoms. The molecule has 4 heteroatoms. The van der Waals surface area contributed by atoms with Gasteiger partial charge in [0.15, 0.2) is 0 Å². The molecular formula is C19H32N2O2. The van der Waals surface area contributed by atoms with Crippen LogP contribution in [0.15, 0.2) is 18.2 Å². The minimum absolute atomic E-state index is 0.0538. The van der Waals surface area contributed by atoms with E-state index in [1.165, 1.54) is 16.7 Å². The summed E-state index contributed by atoms with van der Waals surface area (Å²) >= 11 is 0. The minimum Gasteiger partial charge on any atom is -0.444 e. The van der Waals surface area contributed by atoms with Crippen molar-refractivity contribution < 1.29 is 9.53 Å². The summed E-state index contributed by atoms with van der Waals surface area (Å²) < 4.78 is 5.32. The number of amides is 1. The van der Waals surface area contributed by atoms with Gasteiger partial charge in [-0.05, 0) is 59.1 Å². The highest BCUT2D eigenvalue weighted by Crippen LogP contribution is 2.18. The van der Waals surface area contributed by atoms with Crippen LogP contribution >= 0.6 is 0 Å². The molecule has 0 heterocycles. The van der Waals surface area contributed by atoms with Gasteiger partial charge in [-0.15, -0.1) is 0 Å². The molecule has 2 unspecified atom stereocenters. The zero-order valence-electron chi connectivity index (χ0n) is 15.6. The third kappa shape index (κ3) is 7.04. The van der Waals surface area contributed by atoms with E-state index in [1.54, 1.807) is 0 Å². The van der Waals surface area contributed by atoms with E-state index in [9.17, 15) is 4.79 Å². The lowest BCUT2D eigenvalue weighted by Gasteiger charge is -2.25. The molecule has 0 saturated carbocycles. The second kappa shape index (κ2) is 8.34. The summed E-state index contributed by atoms with van der Waals surface area (Å²) in [7, 11) is 0. The Labute approximate surface area is 141 Å². The van der Waals surface area contributed by atoms with E-state index in [4.69, 9.17) is 4.74 Å². The smallest absolute Gasteiger partial charge is 0.407 e. The lowest BCUT2D eigenvalue weighted by atomic mass is 10.00. The van der Waals surface area contributed by atoms with Gasteiger partial charge in [0.05, 0.1) is 0 Å². The van der Waals surface area contributed by atoms with Crippen LogP contribution in [0.1, 0.15) is 63.8 Å². The standard InChI is InChI=1S/C19H32N2O2/c1-8-16(21-18(22)23-19(5,6)7)12-20-15(4)17-10-9-13(2)11-14(17)3/h9-11,15-16,20H,8,12H2,1-7H3,(H,21,22). The maximum absolute atomic E-state index is 11.9. The monoisotopic (exact) mass is 320 g/mol. The Bertz CT molecular complexity index is 521. The summed E-state index contributed by atoms with van der Waals surface area (Å²) in [6.07, 6.45) is 0.497. The van der Waals surface area contributed by atoms with Crippen molar-refractivity contribution in [1.82, 2.24) is 10.6 Å². The van der Waals surface area contributed by atoms with Crippen molar-refractivity contribution in [3.05, 3.63) is 34.9 Å². The molecule has 0 aliphatic rings. The Morgan fingerprint density at radius 1 is 1.26 bits per heavy atom. The molecule has 4 nitrogen and oxygen atoms in total. The average molecular weight is 320 g/mol. The Morgan fingerprint density at radius 2 is 1.91 bits per heavy atom. The van der Waals surface area contributed by atoms with E-state index in [0.29, 0.717) is 6.54 Å². The number of carbonyl (C=O) groups is 1. The van der Waals surface area contributed by atoms with Gasteiger partial charge in [0, 0.05) is 18.6 Å². The number of alkyl carbamates (subject to hydrolysis) is 1. The Hall–Kier alpha value is -1.55. The van der Waals surface area contributed by atoms with Crippen molar-refractivity contribution in [3.63, 3.8) is 0 Å². The Morgan fingerprint density at radius 3 is 2.43 bits per heavy atom. The van der Waals surface area contributed by atoms with Gasteiger partial charge in [-0.1, -0.05) is 30.7 Å². The molecule has 0 spiro atoms. The molecule has 0 aliphatic carbocycles. The number of hydrogen-bond donors (Lipinski definition) is 2. The molecule has 1 rings (SSSR count). The summed E-state index contributed by atoms with van der Waals surface area (Å²) in [4.78, 5) is 11.9. The van der Waals surface area contributed by atoms with Crippen LogP contribution in [-0.2, 0) is 4.74 Å². The molecule has 0 aromatic heterocycles. The van der Waals surface area contributed by atoms with Crippen LogP contribution in [0.4, 0.5) is 4.79 Å². The van der Waals surface area contributed by atoms with E-state index in [0.717, 1.165) is 6.42 Å². The second-order valence-electron chi connectivity index (χ2n) is 7.24. The summed E-state index contributed by atoms with van der Waals surface area (Å²) in [5.41, 5.74) is 3.39. The zero-order valence-corrected chi connectivity index (χ0v) is 15.6. The first-order valence-corrected chi connectivity index (χ1v) is 8.42. The summed E-state index contributed by atoms with van der Waals surface area (Å²) in [5.74, 6) is 0. The summed E-state index contributed by atoms with van der Waals surface area (Å²) in [6.45, 7) is 14.8. The van der Waals surface area contributed by atoms with Gasteiger partial charge in [-0.2, -0.15) is 0 Å². The van der Waals surface area contributed by atoms with Crippen molar-refractivity contribution in [2.45, 2.75) is 72.6 Å². The van der Waals surface area contributed by atoms with Crippen LogP contribution in [0, 0.1) is 13.8 Å². The number of nitrogens with one attached hydrogen (secondary N) is 2. The van der Waals surface area contributed by atoms with Gasteiger partial charge >= 0.3 is 6.09 Å². The lowest BCUT2D eigenvalue weighted by Crippen LogP contribution is -2.44. The number of benzene rings is 1. The predicted molar refractivity (Wildman–Crippen MR) is 95.8 cm³/mol. The van der Waals surface area contributed by atoms with Gasteiger partial charge in [0.1, 0.15) is 5.60 Å². The van der Waals surface area contributed by atoms with Gasteiger partial charge in [-0.3, -0.25) is 0 Å². The van der Waals surface area contributed by atoms with Crippen LogP contribution in [0.2, 0.25) is 0 Å². The van der Waals surface area contributed by atoms with E-state index in [2.05, 4.69) is 56.5 Å². The van der Waals surface area contributed by atoms with E-state index in [-0.39, 0.29) is 18.2 Å². The first kappa shape index (κ1) is 19.5. The molecule has 0 saturated heterocycles. The molecule has 0 bridgehead atoms. The van der Waals surface area contributed by atoms with E-state index in [1.807, 2.05) is 20.8 Å². The number of carbonyl (C=O) groups excluding carboxylic acids is 1. The number of ether oxygens (including phenoxy) is 1. The fourth-order valence-corrected chi connectivity index (χ4v) is 2.51. The fourth-order valence-electron chi connectivity index (χ4n) is 2.51. The van der Waals surface area contributed by atoms with E-state index < -0.39 is 5.60 Å². The molecule has 2 atom stereocenters.